The van der Waals surface area contributed by atoms with Gasteiger partial charge in [-0.15, -0.1) is 0 Å². The first-order valence-electron chi connectivity index (χ1n) is 4.62. The van der Waals surface area contributed by atoms with Crippen molar-refractivity contribution in [2.45, 2.75) is 12.2 Å². The highest BCUT2D eigenvalue weighted by Gasteiger charge is 2.40. The Hall–Kier alpha value is -2.36. The summed E-state index contributed by atoms with van der Waals surface area (Å²) in [5.74, 6) is -2.72. The van der Waals surface area contributed by atoms with Crippen LogP contribution >= 0.6 is 0 Å². The number of halogens is 3. The summed E-state index contributed by atoms with van der Waals surface area (Å²) in [6.07, 6.45) is -5.06. The van der Waals surface area contributed by atoms with E-state index in [1.807, 2.05) is 0 Å². The van der Waals surface area contributed by atoms with Gasteiger partial charge in [0.2, 0.25) is 0 Å². The molecule has 1 aromatic carbocycles. The van der Waals surface area contributed by atoms with Gasteiger partial charge in [0.1, 0.15) is 17.4 Å². The molecule has 0 unspecified atom stereocenters. The van der Waals surface area contributed by atoms with Gasteiger partial charge in [-0.2, -0.15) is 13.2 Å². The zero-order valence-corrected chi connectivity index (χ0v) is 9.01. The quantitative estimate of drug-likeness (QED) is 0.567. The Morgan fingerprint density at radius 3 is 2.32 bits per heavy atom. The minimum Gasteiger partial charge on any atom is -0.508 e. The SMILES string of the molecule is N[C@H](C(=O)O)c1cc([N+](=O)[O-])c(C(F)(F)F)cc1O. The minimum atomic E-state index is -5.06. The number of hydrogen-bond donors (Lipinski definition) is 3. The molecule has 1 rings (SSSR count). The van der Waals surface area contributed by atoms with E-state index in [-0.39, 0.29) is 6.07 Å². The Morgan fingerprint density at radius 1 is 1.42 bits per heavy atom. The smallest absolute Gasteiger partial charge is 0.423 e. The standard InChI is InChI=1S/C9H7F3N2O5/c10-9(11,12)4-2-6(15)3(7(13)8(16)17)1-5(4)14(18)19/h1-2,7,15H,13H2,(H,16,17)/t7-/m0/s1. The van der Waals surface area contributed by atoms with Crippen LogP contribution in [0.15, 0.2) is 12.1 Å². The number of carboxylic acid groups (broad SMARTS) is 1. The van der Waals surface area contributed by atoms with E-state index in [4.69, 9.17) is 10.8 Å². The van der Waals surface area contributed by atoms with Crippen LogP contribution in [0.5, 0.6) is 5.75 Å². The molecule has 0 aliphatic rings. The molecule has 19 heavy (non-hydrogen) atoms. The fourth-order valence-electron chi connectivity index (χ4n) is 1.35. The minimum absolute atomic E-state index is 0.0796. The lowest BCUT2D eigenvalue weighted by molar-refractivity contribution is -0.388. The van der Waals surface area contributed by atoms with Gasteiger partial charge in [-0.3, -0.25) is 14.9 Å². The molecule has 0 aliphatic carbocycles. The van der Waals surface area contributed by atoms with Crippen molar-refractivity contribution in [2.75, 3.05) is 0 Å². The van der Waals surface area contributed by atoms with Crippen molar-refractivity contribution in [3.05, 3.63) is 33.4 Å². The molecule has 0 saturated carbocycles. The third kappa shape index (κ3) is 2.91. The molecular formula is C9H7F3N2O5. The number of nitrogens with zero attached hydrogens (tertiary/aromatic N) is 1. The molecule has 0 heterocycles. The summed E-state index contributed by atoms with van der Waals surface area (Å²) in [5, 5.41) is 28.5. The van der Waals surface area contributed by atoms with Crippen molar-refractivity contribution in [1.82, 2.24) is 0 Å². The van der Waals surface area contributed by atoms with E-state index in [1.54, 1.807) is 0 Å². The van der Waals surface area contributed by atoms with E-state index >= 15 is 0 Å². The van der Waals surface area contributed by atoms with Gasteiger partial charge in [0.15, 0.2) is 0 Å². The molecule has 0 aromatic heterocycles. The molecule has 0 aliphatic heterocycles. The molecule has 0 fully saturated rings. The van der Waals surface area contributed by atoms with Crippen molar-refractivity contribution < 1.29 is 33.1 Å². The van der Waals surface area contributed by atoms with Crippen LogP contribution in [0, 0.1) is 10.1 Å². The molecular weight excluding hydrogens is 273 g/mol. The highest BCUT2D eigenvalue weighted by molar-refractivity contribution is 5.77. The van der Waals surface area contributed by atoms with Crippen LogP contribution in [0.3, 0.4) is 0 Å². The zero-order chi connectivity index (χ0) is 15.0. The van der Waals surface area contributed by atoms with Gasteiger partial charge >= 0.3 is 12.1 Å². The topological polar surface area (TPSA) is 127 Å². The number of nitrogens with two attached hydrogens (primary N) is 1. The molecule has 7 nitrogen and oxygen atoms in total. The molecule has 1 atom stereocenters. The number of nitro groups is 1. The van der Waals surface area contributed by atoms with Gasteiger partial charge in [-0.05, 0) is 6.07 Å². The number of phenols is 1. The predicted molar refractivity (Wildman–Crippen MR) is 54.3 cm³/mol. The normalized spacial score (nSPS) is 13.1. The first-order chi connectivity index (χ1) is 8.55. The largest absolute Gasteiger partial charge is 0.508 e. The van der Waals surface area contributed by atoms with Crippen LogP contribution in [-0.2, 0) is 11.0 Å². The van der Waals surface area contributed by atoms with Crippen molar-refractivity contribution in [1.29, 1.82) is 0 Å². The monoisotopic (exact) mass is 280 g/mol. The van der Waals surface area contributed by atoms with Gasteiger partial charge in [-0.25, -0.2) is 0 Å². The maximum atomic E-state index is 12.5. The van der Waals surface area contributed by atoms with E-state index in [0.717, 1.165) is 0 Å². The lowest BCUT2D eigenvalue weighted by Gasteiger charge is -2.13. The van der Waals surface area contributed by atoms with E-state index in [0.29, 0.717) is 6.07 Å². The van der Waals surface area contributed by atoms with Gasteiger partial charge in [0.05, 0.1) is 4.92 Å². The number of phenolic OH excluding ortho intramolecular Hbond substituents is 1. The molecule has 0 bridgehead atoms. The second-order valence-corrected chi connectivity index (χ2v) is 3.50. The van der Waals surface area contributed by atoms with Crippen LogP contribution in [0.1, 0.15) is 17.2 Å². The second kappa shape index (κ2) is 4.72. The van der Waals surface area contributed by atoms with E-state index in [1.165, 1.54) is 0 Å². The van der Waals surface area contributed by atoms with E-state index < -0.39 is 45.7 Å². The van der Waals surface area contributed by atoms with Crippen LogP contribution in [0.2, 0.25) is 0 Å². The molecule has 0 radical (unpaired) electrons. The summed E-state index contributed by atoms with van der Waals surface area (Å²) in [4.78, 5) is 19.8. The van der Waals surface area contributed by atoms with Crippen molar-refractivity contribution in [3.63, 3.8) is 0 Å². The molecule has 0 amide bonds. The Bertz CT molecular complexity index is 543. The molecule has 0 saturated heterocycles. The first kappa shape index (κ1) is 14.7. The van der Waals surface area contributed by atoms with Crippen LogP contribution in [0.25, 0.3) is 0 Å². The summed E-state index contributed by atoms with van der Waals surface area (Å²) in [7, 11) is 0. The number of alkyl halides is 3. The van der Waals surface area contributed by atoms with Crippen molar-refractivity contribution >= 4 is 11.7 Å². The zero-order valence-electron chi connectivity index (χ0n) is 9.01. The summed E-state index contributed by atoms with van der Waals surface area (Å²) < 4.78 is 37.6. The third-order valence-electron chi connectivity index (χ3n) is 2.25. The highest BCUT2D eigenvalue weighted by Crippen LogP contribution is 2.40. The van der Waals surface area contributed by atoms with Crippen LogP contribution in [0.4, 0.5) is 18.9 Å². The lowest BCUT2D eigenvalue weighted by Crippen LogP contribution is -2.21. The Balaban J connectivity index is 3.54. The molecule has 4 N–H and O–H groups in total. The van der Waals surface area contributed by atoms with Crippen molar-refractivity contribution in [3.8, 4) is 5.75 Å². The Morgan fingerprint density at radius 2 is 1.95 bits per heavy atom. The fraction of sp³-hybridized carbons (Fsp3) is 0.222. The van der Waals surface area contributed by atoms with Gasteiger partial charge in [-0.1, -0.05) is 0 Å². The number of nitro benzene ring substituents is 1. The van der Waals surface area contributed by atoms with Crippen LogP contribution in [-0.4, -0.2) is 21.1 Å². The number of rotatable bonds is 3. The Kier molecular flexibility index (Phi) is 3.65. The number of benzene rings is 1. The van der Waals surface area contributed by atoms with Crippen LogP contribution < -0.4 is 5.73 Å². The second-order valence-electron chi connectivity index (χ2n) is 3.50. The van der Waals surface area contributed by atoms with E-state index in [9.17, 15) is 33.2 Å². The number of hydrogen-bond acceptors (Lipinski definition) is 5. The molecule has 104 valence electrons. The number of carboxylic acids is 1. The number of carbonyl (C=O) groups is 1. The number of aliphatic carboxylic acids is 1. The molecule has 10 heteroatoms. The summed E-state index contributed by atoms with van der Waals surface area (Å²) in [6.45, 7) is 0. The third-order valence-corrected chi connectivity index (χ3v) is 2.25. The average molecular weight is 280 g/mol. The Labute approximate surface area is 103 Å². The summed E-state index contributed by atoms with van der Waals surface area (Å²) in [6, 6.07) is -1.49. The lowest BCUT2D eigenvalue weighted by atomic mass is 10.0. The average Bonchev–Trinajstić information content (AvgIpc) is 2.25. The van der Waals surface area contributed by atoms with Gasteiger partial charge in [0, 0.05) is 11.6 Å². The van der Waals surface area contributed by atoms with Crippen molar-refractivity contribution in [2.24, 2.45) is 5.73 Å². The maximum absolute atomic E-state index is 12.5. The first-order valence-corrected chi connectivity index (χ1v) is 4.62. The summed E-state index contributed by atoms with van der Waals surface area (Å²) in [5.41, 5.74) is 1.37. The van der Waals surface area contributed by atoms with Gasteiger partial charge in [0.25, 0.3) is 5.69 Å². The fourth-order valence-corrected chi connectivity index (χ4v) is 1.35. The van der Waals surface area contributed by atoms with Gasteiger partial charge < -0.3 is 15.9 Å². The maximum Gasteiger partial charge on any atom is 0.423 e. The molecule has 1 aromatic rings. The molecule has 0 spiro atoms. The predicted octanol–water partition coefficient (Wildman–Crippen LogP) is 1.40. The number of aromatic hydroxyl groups is 1. The highest BCUT2D eigenvalue weighted by atomic mass is 19.4. The van der Waals surface area contributed by atoms with E-state index in [2.05, 4.69) is 0 Å². The summed E-state index contributed by atoms with van der Waals surface area (Å²) >= 11 is 0.